The molecule has 3 N–H and O–H groups in total. The Balaban J connectivity index is 1.34. The number of aromatic nitrogens is 2. The number of pyridine rings is 2. The fourth-order valence-electron chi connectivity index (χ4n) is 6.69. The predicted molar refractivity (Wildman–Crippen MR) is 124 cm³/mol. The van der Waals surface area contributed by atoms with Crippen molar-refractivity contribution < 1.29 is 14.7 Å². The molecule has 4 saturated carbocycles. The van der Waals surface area contributed by atoms with Crippen LogP contribution in [0.2, 0.25) is 0 Å². The molecule has 0 radical (unpaired) electrons. The first-order valence-electron chi connectivity index (χ1n) is 11.7. The largest absolute Gasteiger partial charge is 0.395 e. The van der Waals surface area contributed by atoms with Crippen LogP contribution < -0.4 is 15.5 Å². The van der Waals surface area contributed by atoms with E-state index in [2.05, 4.69) is 20.6 Å². The summed E-state index contributed by atoms with van der Waals surface area (Å²) in [5, 5.41) is 15.9. The maximum absolute atomic E-state index is 13.3. The number of anilines is 1. The van der Waals surface area contributed by atoms with Crippen molar-refractivity contribution in [1.82, 2.24) is 20.6 Å². The van der Waals surface area contributed by atoms with Gasteiger partial charge in [0.15, 0.2) is 0 Å². The van der Waals surface area contributed by atoms with Gasteiger partial charge < -0.3 is 20.6 Å². The molecule has 4 fully saturated rings. The molecule has 2 aromatic heterocycles. The normalized spacial score (nSPS) is 29.5. The van der Waals surface area contributed by atoms with Crippen LogP contribution in [0.3, 0.4) is 0 Å². The van der Waals surface area contributed by atoms with Gasteiger partial charge in [0, 0.05) is 30.9 Å². The number of likely N-dealkylation sites (N-methyl/N-ethyl adjacent to an activating group) is 1. The first-order chi connectivity index (χ1) is 15.9. The van der Waals surface area contributed by atoms with Crippen LogP contribution in [0, 0.1) is 11.8 Å². The van der Waals surface area contributed by atoms with Crippen LogP contribution in [0.1, 0.15) is 59.5 Å². The van der Waals surface area contributed by atoms with Gasteiger partial charge in [-0.2, -0.15) is 0 Å². The lowest BCUT2D eigenvalue weighted by atomic mass is 9.49. The molecular formula is C25H31N5O3. The highest BCUT2D eigenvalue weighted by molar-refractivity contribution is 5.94. The number of aliphatic hydroxyl groups excluding tert-OH is 1. The average Bonchev–Trinajstić information content (AvgIpc) is 2.78. The monoisotopic (exact) mass is 449 g/mol. The molecule has 8 nitrogen and oxygen atoms in total. The molecule has 8 heteroatoms. The Morgan fingerprint density at radius 1 is 1.00 bits per heavy atom. The zero-order chi connectivity index (χ0) is 23.1. The molecule has 2 aromatic rings. The van der Waals surface area contributed by atoms with E-state index in [1.165, 1.54) is 6.42 Å². The smallest absolute Gasteiger partial charge is 0.270 e. The zero-order valence-corrected chi connectivity index (χ0v) is 19.0. The molecule has 4 aliphatic carbocycles. The van der Waals surface area contributed by atoms with E-state index in [-0.39, 0.29) is 29.5 Å². The molecule has 2 atom stereocenters. The Morgan fingerprint density at radius 2 is 1.64 bits per heavy atom. The SMILES string of the molecule is CN(CCO)c1cccc(C(=O)NC23CC4CC(CC(NC(=O)c5ccccn5)(C4)C2)C3)n1. The molecule has 0 saturated heterocycles. The van der Waals surface area contributed by atoms with Crippen LogP contribution in [0.4, 0.5) is 5.82 Å². The quantitative estimate of drug-likeness (QED) is 0.598. The van der Waals surface area contributed by atoms with Crippen LogP contribution in [0.5, 0.6) is 0 Å². The highest BCUT2D eigenvalue weighted by atomic mass is 16.3. The van der Waals surface area contributed by atoms with E-state index in [1.807, 2.05) is 30.1 Å². The van der Waals surface area contributed by atoms with Gasteiger partial charge in [0.2, 0.25) is 0 Å². The van der Waals surface area contributed by atoms with Crippen LogP contribution in [0.15, 0.2) is 42.6 Å². The number of nitrogens with one attached hydrogen (secondary N) is 2. The van der Waals surface area contributed by atoms with Gasteiger partial charge in [-0.15, -0.1) is 0 Å². The van der Waals surface area contributed by atoms with E-state index in [9.17, 15) is 14.7 Å². The Hall–Kier alpha value is -3.00. The van der Waals surface area contributed by atoms with Gasteiger partial charge in [0.1, 0.15) is 17.2 Å². The van der Waals surface area contributed by atoms with E-state index >= 15 is 0 Å². The molecule has 4 aliphatic rings. The molecule has 2 unspecified atom stereocenters. The van der Waals surface area contributed by atoms with Gasteiger partial charge in [0.05, 0.1) is 6.61 Å². The van der Waals surface area contributed by atoms with Crippen LogP contribution in [-0.4, -0.2) is 58.2 Å². The average molecular weight is 450 g/mol. The van der Waals surface area contributed by atoms with Gasteiger partial charge in [-0.3, -0.25) is 14.6 Å². The third-order valence-corrected chi connectivity index (χ3v) is 7.51. The van der Waals surface area contributed by atoms with Crippen molar-refractivity contribution in [3.8, 4) is 0 Å². The van der Waals surface area contributed by atoms with Crippen molar-refractivity contribution in [2.24, 2.45) is 11.8 Å². The topological polar surface area (TPSA) is 107 Å². The summed E-state index contributed by atoms with van der Waals surface area (Å²) in [7, 11) is 1.84. The van der Waals surface area contributed by atoms with Crippen molar-refractivity contribution in [1.29, 1.82) is 0 Å². The van der Waals surface area contributed by atoms with E-state index < -0.39 is 0 Å². The minimum absolute atomic E-state index is 0.0206. The fraction of sp³-hybridized carbons (Fsp3) is 0.520. The molecule has 4 bridgehead atoms. The lowest BCUT2D eigenvalue weighted by Crippen LogP contribution is -2.69. The standard InChI is InChI=1S/C25H31N5O3/c1-30(9-10-31)21-7-4-6-20(27-21)23(33)29-25-14-17-11-18(15-25)13-24(12-17,16-25)28-22(32)19-5-2-3-8-26-19/h2-8,17-18,31H,9-16H2,1H3,(H,28,32)(H,29,33). The summed E-state index contributed by atoms with van der Waals surface area (Å²) < 4.78 is 0. The third-order valence-electron chi connectivity index (χ3n) is 7.51. The lowest BCUT2D eigenvalue weighted by Gasteiger charge is -2.62. The first kappa shape index (κ1) is 21.8. The van der Waals surface area contributed by atoms with Gasteiger partial charge in [-0.25, -0.2) is 4.98 Å². The van der Waals surface area contributed by atoms with Crippen molar-refractivity contribution >= 4 is 17.6 Å². The number of carbonyl (C=O) groups is 2. The summed E-state index contributed by atoms with van der Waals surface area (Å²) >= 11 is 0. The number of hydrogen-bond donors (Lipinski definition) is 3. The summed E-state index contributed by atoms with van der Waals surface area (Å²) in [5.74, 6) is 1.32. The summed E-state index contributed by atoms with van der Waals surface area (Å²) in [6.45, 7) is 0.469. The molecule has 174 valence electrons. The number of hydrogen-bond acceptors (Lipinski definition) is 6. The summed E-state index contributed by atoms with van der Waals surface area (Å²) in [6.07, 6.45) is 7.34. The van der Waals surface area contributed by atoms with Crippen molar-refractivity contribution in [2.75, 3.05) is 25.1 Å². The van der Waals surface area contributed by atoms with Crippen LogP contribution in [-0.2, 0) is 0 Å². The zero-order valence-electron chi connectivity index (χ0n) is 19.0. The van der Waals surface area contributed by atoms with Crippen molar-refractivity contribution in [2.45, 2.75) is 49.6 Å². The molecule has 33 heavy (non-hydrogen) atoms. The van der Waals surface area contributed by atoms with Crippen LogP contribution >= 0.6 is 0 Å². The highest BCUT2D eigenvalue weighted by Gasteiger charge is 2.58. The Bertz CT molecular complexity index is 1030. The van der Waals surface area contributed by atoms with E-state index in [0.717, 1.165) is 32.1 Å². The number of rotatable bonds is 7. The first-order valence-corrected chi connectivity index (χ1v) is 11.7. The molecule has 0 aromatic carbocycles. The predicted octanol–water partition coefficient (Wildman–Crippen LogP) is 2.16. The summed E-state index contributed by atoms with van der Waals surface area (Å²) in [4.78, 5) is 36.8. The highest BCUT2D eigenvalue weighted by Crippen LogP contribution is 2.57. The van der Waals surface area contributed by atoms with E-state index in [0.29, 0.717) is 35.6 Å². The summed E-state index contributed by atoms with van der Waals surface area (Å²) in [6, 6.07) is 10.7. The van der Waals surface area contributed by atoms with Gasteiger partial charge >= 0.3 is 0 Å². The maximum Gasteiger partial charge on any atom is 0.270 e. The second-order valence-corrected chi connectivity index (χ2v) is 10.2. The lowest BCUT2D eigenvalue weighted by molar-refractivity contribution is -0.0449. The number of nitrogens with zero attached hydrogens (tertiary/aromatic N) is 3. The Kier molecular flexibility index (Phi) is 5.56. The number of aliphatic hydroxyl groups is 1. The third kappa shape index (κ3) is 4.31. The minimum atomic E-state index is -0.326. The fourth-order valence-corrected chi connectivity index (χ4v) is 6.69. The molecule has 2 heterocycles. The Labute approximate surface area is 193 Å². The van der Waals surface area contributed by atoms with E-state index in [1.54, 1.807) is 24.4 Å². The number of carbonyl (C=O) groups excluding carboxylic acids is 2. The van der Waals surface area contributed by atoms with Crippen molar-refractivity contribution in [3.05, 3.63) is 54.0 Å². The van der Waals surface area contributed by atoms with E-state index in [4.69, 9.17) is 0 Å². The van der Waals surface area contributed by atoms with Gasteiger partial charge in [-0.1, -0.05) is 12.1 Å². The van der Waals surface area contributed by atoms with Crippen LogP contribution in [0.25, 0.3) is 0 Å². The van der Waals surface area contributed by atoms with Gasteiger partial charge in [0.25, 0.3) is 11.8 Å². The van der Waals surface area contributed by atoms with Crippen molar-refractivity contribution in [3.63, 3.8) is 0 Å². The second kappa shape index (κ2) is 8.41. The second-order valence-electron chi connectivity index (χ2n) is 10.2. The molecule has 0 spiro atoms. The molecule has 2 amide bonds. The molecule has 0 aliphatic heterocycles. The number of amides is 2. The minimum Gasteiger partial charge on any atom is -0.395 e. The molecular weight excluding hydrogens is 418 g/mol. The summed E-state index contributed by atoms with van der Waals surface area (Å²) in [5.41, 5.74) is 0.175. The molecule has 6 rings (SSSR count). The maximum atomic E-state index is 13.3. The van der Waals surface area contributed by atoms with Gasteiger partial charge in [-0.05, 0) is 74.6 Å². The Morgan fingerprint density at radius 3 is 2.24 bits per heavy atom.